The molecular formula is C19H29N3O3S. The molecule has 1 aromatic carbocycles. The summed E-state index contributed by atoms with van der Waals surface area (Å²) in [5, 5.41) is 3.08. The van der Waals surface area contributed by atoms with Crippen LogP contribution in [0.2, 0.25) is 0 Å². The minimum atomic E-state index is -3.14. The Kier molecular flexibility index (Phi) is 5.99. The van der Waals surface area contributed by atoms with Crippen LogP contribution >= 0.6 is 0 Å². The number of hydrogen-bond donors (Lipinski definition) is 1. The molecule has 1 N–H and O–H groups in total. The van der Waals surface area contributed by atoms with E-state index in [0.717, 1.165) is 19.5 Å². The maximum Gasteiger partial charge on any atom is 0.223 e. The molecule has 7 heteroatoms. The van der Waals surface area contributed by atoms with E-state index in [-0.39, 0.29) is 17.9 Å². The lowest BCUT2D eigenvalue weighted by Gasteiger charge is -2.34. The zero-order valence-electron chi connectivity index (χ0n) is 15.6. The number of nitrogens with one attached hydrogen (secondary N) is 1. The van der Waals surface area contributed by atoms with E-state index in [1.807, 2.05) is 0 Å². The number of carbonyl (C=O) groups excluding carboxylic acids is 1. The maximum atomic E-state index is 12.4. The van der Waals surface area contributed by atoms with Gasteiger partial charge in [-0.25, -0.2) is 12.7 Å². The highest BCUT2D eigenvalue weighted by Crippen LogP contribution is 2.21. The van der Waals surface area contributed by atoms with Crippen molar-refractivity contribution in [1.29, 1.82) is 0 Å². The molecule has 1 fully saturated rings. The molecule has 0 bridgehead atoms. The Balaban J connectivity index is 1.45. The van der Waals surface area contributed by atoms with Crippen LogP contribution in [0.5, 0.6) is 0 Å². The van der Waals surface area contributed by atoms with Crippen molar-refractivity contribution in [1.82, 2.24) is 14.5 Å². The van der Waals surface area contributed by atoms with Crippen molar-refractivity contribution in [3.8, 4) is 0 Å². The Bertz CT molecular complexity index is 742. The number of nitrogens with zero attached hydrogens (tertiary/aromatic N) is 2. The predicted molar refractivity (Wildman–Crippen MR) is 102 cm³/mol. The molecule has 2 heterocycles. The summed E-state index contributed by atoms with van der Waals surface area (Å²) < 4.78 is 24.6. The highest BCUT2D eigenvalue weighted by atomic mass is 32.2. The Morgan fingerprint density at radius 2 is 1.85 bits per heavy atom. The lowest BCUT2D eigenvalue weighted by molar-refractivity contribution is -0.126. The number of rotatable bonds is 5. The molecule has 1 saturated heterocycles. The van der Waals surface area contributed by atoms with E-state index < -0.39 is 10.0 Å². The predicted octanol–water partition coefficient (Wildman–Crippen LogP) is 1.22. The molecule has 0 saturated carbocycles. The molecule has 1 amide bonds. The van der Waals surface area contributed by atoms with E-state index in [4.69, 9.17) is 0 Å². The smallest absolute Gasteiger partial charge is 0.223 e. The summed E-state index contributed by atoms with van der Waals surface area (Å²) in [7, 11) is -3.14. The first-order valence-electron chi connectivity index (χ1n) is 9.38. The summed E-state index contributed by atoms with van der Waals surface area (Å²) in [6, 6.07) is 8.83. The standard InChI is InChI=1S/C19H29N3O3S/c1-15(21-10-7-16-5-3-4-6-18(16)14-21)13-20-19(23)17-8-11-22(12-9-17)26(2,24)25/h3-6,15,17H,7-14H2,1-2H3,(H,20,23). The molecule has 3 rings (SSSR count). The van der Waals surface area contributed by atoms with Crippen molar-refractivity contribution in [2.75, 3.05) is 32.4 Å². The number of carbonyl (C=O) groups is 1. The fourth-order valence-electron chi connectivity index (χ4n) is 3.87. The minimum Gasteiger partial charge on any atom is -0.354 e. The van der Waals surface area contributed by atoms with Crippen molar-refractivity contribution in [3.05, 3.63) is 35.4 Å². The monoisotopic (exact) mass is 379 g/mol. The quantitative estimate of drug-likeness (QED) is 0.835. The van der Waals surface area contributed by atoms with Crippen LogP contribution in [0.4, 0.5) is 0 Å². The fourth-order valence-corrected chi connectivity index (χ4v) is 4.74. The molecule has 144 valence electrons. The first-order valence-corrected chi connectivity index (χ1v) is 11.2. The van der Waals surface area contributed by atoms with Gasteiger partial charge < -0.3 is 5.32 Å². The second-order valence-electron chi connectivity index (χ2n) is 7.52. The molecule has 0 radical (unpaired) electrons. The first kappa shape index (κ1) is 19.3. The zero-order valence-corrected chi connectivity index (χ0v) is 16.5. The molecule has 0 aliphatic carbocycles. The average Bonchev–Trinajstić information content (AvgIpc) is 2.64. The molecule has 1 aromatic rings. The third-order valence-electron chi connectivity index (χ3n) is 5.65. The lowest BCUT2D eigenvalue weighted by Crippen LogP contribution is -2.47. The van der Waals surface area contributed by atoms with Crippen LogP contribution in [-0.4, -0.2) is 62.0 Å². The van der Waals surface area contributed by atoms with Gasteiger partial charge in [-0.05, 0) is 37.3 Å². The van der Waals surface area contributed by atoms with Gasteiger partial charge in [0, 0.05) is 44.7 Å². The van der Waals surface area contributed by atoms with Crippen LogP contribution in [0.25, 0.3) is 0 Å². The number of piperidine rings is 1. The summed E-state index contributed by atoms with van der Waals surface area (Å²) in [6.07, 6.45) is 3.49. The van der Waals surface area contributed by atoms with Crippen molar-refractivity contribution >= 4 is 15.9 Å². The molecule has 0 aromatic heterocycles. The van der Waals surface area contributed by atoms with E-state index in [1.165, 1.54) is 21.7 Å². The Labute approximate surface area is 156 Å². The minimum absolute atomic E-state index is 0.0578. The van der Waals surface area contributed by atoms with E-state index >= 15 is 0 Å². The van der Waals surface area contributed by atoms with Gasteiger partial charge in [-0.2, -0.15) is 0 Å². The average molecular weight is 380 g/mol. The Hall–Kier alpha value is -1.44. The molecule has 2 aliphatic rings. The van der Waals surface area contributed by atoms with Gasteiger partial charge in [-0.3, -0.25) is 9.69 Å². The van der Waals surface area contributed by atoms with Crippen molar-refractivity contribution in [3.63, 3.8) is 0 Å². The third kappa shape index (κ3) is 4.64. The van der Waals surface area contributed by atoms with Crippen LogP contribution < -0.4 is 5.32 Å². The van der Waals surface area contributed by atoms with Crippen LogP contribution in [0.15, 0.2) is 24.3 Å². The van der Waals surface area contributed by atoms with Gasteiger partial charge in [0.25, 0.3) is 0 Å². The zero-order chi connectivity index (χ0) is 18.7. The summed E-state index contributed by atoms with van der Waals surface area (Å²) in [6.45, 7) is 5.61. The summed E-state index contributed by atoms with van der Waals surface area (Å²) >= 11 is 0. The fraction of sp³-hybridized carbons (Fsp3) is 0.632. The van der Waals surface area contributed by atoms with E-state index in [1.54, 1.807) is 0 Å². The summed E-state index contributed by atoms with van der Waals surface area (Å²) in [5.74, 6) is -0.0234. The molecule has 1 atom stereocenters. The normalized spacial score (nSPS) is 21.2. The molecule has 2 aliphatic heterocycles. The van der Waals surface area contributed by atoms with Crippen LogP contribution in [0.1, 0.15) is 30.9 Å². The van der Waals surface area contributed by atoms with Gasteiger partial charge in [-0.15, -0.1) is 0 Å². The van der Waals surface area contributed by atoms with Crippen molar-refractivity contribution in [2.45, 2.75) is 38.8 Å². The molecule has 0 spiro atoms. The topological polar surface area (TPSA) is 69.7 Å². The second kappa shape index (κ2) is 8.06. The number of hydrogen-bond acceptors (Lipinski definition) is 4. The first-order chi connectivity index (χ1) is 12.3. The summed E-state index contributed by atoms with van der Waals surface area (Å²) in [5.41, 5.74) is 2.81. The third-order valence-corrected chi connectivity index (χ3v) is 6.95. The van der Waals surface area contributed by atoms with Crippen molar-refractivity contribution in [2.24, 2.45) is 5.92 Å². The van der Waals surface area contributed by atoms with Gasteiger partial charge in [-0.1, -0.05) is 24.3 Å². The van der Waals surface area contributed by atoms with Gasteiger partial charge in [0.15, 0.2) is 0 Å². The van der Waals surface area contributed by atoms with Gasteiger partial charge >= 0.3 is 0 Å². The Morgan fingerprint density at radius 1 is 1.19 bits per heavy atom. The van der Waals surface area contributed by atoms with Gasteiger partial charge in [0.2, 0.25) is 15.9 Å². The number of sulfonamides is 1. The second-order valence-corrected chi connectivity index (χ2v) is 9.50. The molecule has 6 nitrogen and oxygen atoms in total. The Morgan fingerprint density at radius 3 is 2.50 bits per heavy atom. The van der Waals surface area contributed by atoms with Gasteiger partial charge in [0.1, 0.15) is 0 Å². The molecule has 26 heavy (non-hydrogen) atoms. The number of amides is 1. The lowest BCUT2D eigenvalue weighted by atomic mass is 9.97. The number of benzene rings is 1. The number of fused-ring (bicyclic) bond motifs is 1. The van der Waals surface area contributed by atoms with Crippen LogP contribution in [-0.2, 0) is 27.8 Å². The molecular weight excluding hydrogens is 350 g/mol. The van der Waals surface area contributed by atoms with E-state index in [0.29, 0.717) is 32.5 Å². The van der Waals surface area contributed by atoms with E-state index in [2.05, 4.69) is 41.4 Å². The highest BCUT2D eigenvalue weighted by molar-refractivity contribution is 7.88. The summed E-state index contributed by atoms with van der Waals surface area (Å²) in [4.78, 5) is 14.9. The SMILES string of the molecule is CC(CNC(=O)C1CCN(S(C)(=O)=O)CC1)N1CCc2ccccc2C1. The van der Waals surface area contributed by atoms with Crippen LogP contribution in [0.3, 0.4) is 0 Å². The van der Waals surface area contributed by atoms with E-state index in [9.17, 15) is 13.2 Å². The largest absolute Gasteiger partial charge is 0.354 e. The highest BCUT2D eigenvalue weighted by Gasteiger charge is 2.29. The van der Waals surface area contributed by atoms with Crippen LogP contribution in [0, 0.1) is 5.92 Å². The van der Waals surface area contributed by atoms with Crippen molar-refractivity contribution < 1.29 is 13.2 Å². The van der Waals surface area contributed by atoms with Gasteiger partial charge in [0.05, 0.1) is 6.26 Å². The molecule has 1 unspecified atom stereocenters. The maximum absolute atomic E-state index is 12.4.